The van der Waals surface area contributed by atoms with Gasteiger partial charge in [-0.05, 0) is 19.1 Å². The molecule has 0 saturated heterocycles. The molecule has 0 aliphatic heterocycles. The van der Waals surface area contributed by atoms with Crippen LogP contribution in [0.2, 0.25) is 10.0 Å². The minimum atomic E-state index is -0.690. The first-order valence-corrected chi connectivity index (χ1v) is 6.50. The molecule has 0 saturated carbocycles. The molecule has 106 valence electrons. The van der Waals surface area contributed by atoms with Crippen molar-refractivity contribution < 1.29 is 9.18 Å². The Morgan fingerprint density at radius 3 is 2.85 bits per heavy atom. The van der Waals surface area contributed by atoms with Crippen molar-refractivity contribution in [1.29, 1.82) is 0 Å². The number of benzene rings is 1. The van der Waals surface area contributed by atoms with Gasteiger partial charge in [0.05, 0.1) is 22.2 Å². The average Bonchev–Trinajstić information content (AvgIpc) is 2.86. The number of nitrogens with one attached hydrogen (secondary N) is 1. The molecule has 0 fully saturated rings. The summed E-state index contributed by atoms with van der Waals surface area (Å²) in [5.74, 6) is -1.16. The van der Waals surface area contributed by atoms with Crippen LogP contribution in [0.25, 0.3) is 0 Å². The highest BCUT2D eigenvalue weighted by Crippen LogP contribution is 2.24. The summed E-state index contributed by atoms with van der Waals surface area (Å²) in [6.07, 6.45) is 2.94. The van der Waals surface area contributed by atoms with Crippen molar-refractivity contribution in [3.05, 3.63) is 46.2 Å². The molecule has 0 radical (unpaired) electrons. The fraction of sp³-hybridized carbons (Fsp3) is 0.250. The number of nitrogens with zero attached hydrogens (tertiary/aromatic N) is 3. The molecular weight excluding hydrogens is 306 g/mol. The number of hydrogen-bond donors (Lipinski definition) is 1. The zero-order valence-corrected chi connectivity index (χ0v) is 12.0. The summed E-state index contributed by atoms with van der Waals surface area (Å²) in [5, 5.41) is 6.61. The second-order valence-electron chi connectivity index (χ2n) is 4.24. The Labute approximate surface area is 124 Å². The molecule has 1 atom stereocenters. The topological polar surface area (TPSA) is 59.8 Å². The summed E-state index contributed by atoms with van der Waals surface area (Å²) in [7, 11) is 0. The minimum absolute atomic E-state index is 0.0407. The van der Waals surface area contributed by atoms with Crippen molar-refractivity contribution in [3.8, 4) is 0 Å². The molecule has 1 N–H and O–H groups in total. The van der Waals surface area contributed by atoms with Gasteiger partial charge in [0.15, 0.2) is 0 Å². The van der Waals surface area contributed by atoms with E-state index in [1.54, 1.807) is 11.6 Å². The number of rotatable bonds is 4. The predicted molar refractivity (Wildman–Crippen MR) is 73.4 cm³/mol. The average molecular weight is 317 g/mol. The Bertz CT molecular complexity index is 618. The first-order valence-electron chi connectivity index (χ1n) is 5.75. The Morgan fingerprint density at radius 1 is 1.45 bits per heavy atom. The van der Waals surface area contributed by atoms with Crippen LogP contribution in [0.4, 0.5) is 4.39 Å². The molecule has 1 heterocycles. The minimum Gasteiger partial charge on any atom is -0.348 e. The number of amides is 1. The summed E-state index contributed by atoms with van der Waals surface area (Å²) in [6, 6.07) is 2.00. The summed E-state index contributed by atoms with van der Waals surface area (Å²) in [6.45, 7) is 2.24. The lowest BCUT2D eigenvalue weighted by molar-refractivity contribution is 0.0935. The largest absolute Gasteiger partial charge is 0.348 e. The highest BCUT2D eigenvalue weighted by atomic mass is 35.5. The summed E-state index contributed by atoms with van der Waals surface area (Å²) in [5.41, 5.74) is 0.0407. The first-order chi connectivity index (χ1) is 9.47. The standard InChI is InChI=1S/C12H11Cl2FN4O/c1-7(4-19-6-16-5-17-19)18-12(20)8-2-11(15)10(14)3-9(8)13/h2-3,5-7H,4H2,1H3,(H,18,20). The second-order valence-corrected chi connectivity index (χ2v) is 5.05. The molecule has 1 amide bonds. The van der Waals surface area contributed by atoms with Crippen LogP contribution in [0.1, 0.15) is 17.3 Å². The van der Waals surface area contributed by atoms with Crippen LogP contribution in [0.5, 0.6) is 0 Å². The molecule has 1 aromatic heterocycles. The smallest absolute Gasteiger partial charge is 0.253 e. The van der Waals surface area contributed by atoms with E-state index >= 15 is 0 Å². The van der Waals surface area contributed by atoms with E-state index < -0.39 is 11.7 Å². The van der Waals surface area contributed by atoms with E-state index in [2.05, 4.69) is 15.4 Å². The van der Waals surface area contributed by atoms with Crippen molar-refractivity contribution >= 4 is 29.1 Å². The van der Waals surface area contributed by atoms with Gasteiger partial charge in [0.2, 0.25) is 0 Å². The molecule has 0 bridgehead atoms. The number of hydrogen-bond acceptors (Lipinski definition) is 3. The third-order valence-electron chi connectivity index (χ3n) is 2.56. The van der Waals surface area contributed by atoms with Crippen LogP contribution in [0.15, 0.2) is 24.8 Å². The molecule has 0 aliphatic carbocycles. The number of halogens is 3. The molecule has 0 aliphatic rings. The number of aromatic nitrogens is 3. The van der Waals surface area contributed by atoms with E-state index in [0.29, 0.717) is 6.54 Å². The summed E-state index contributed by atoms with van der Waals surface area (Å²) in [4.78, 5) is 15.8. The van der Waals surface area contributed by atoms with Crippen LogP contribution < -0.4 is 5.32 Å². The van der Waals surface area contributed by atoms with Gasteiger partial charge >= 0.3 is 0 Å². The van der Waals surface area contributed by atoms with Gasteiger partial charge in [-0.25, -0.2) is 9.37 Å². The van der Waals surface area contributed by atoms with Gasteiger partial charge in [0.1, 0.15) is 18.5 Å². The maximum absolute atomic E-state index is 13.4. The lowest BCUT2D eigenvalue weighted by Crippen LogP contribution is -2.36. The highest BCUT2D eigenvalue weighted by Gasteiger charge is 2.16. The fourth-order valence-corrected chi connectivity index (χ4v) is 2.12. The van der Waals surface area contributed by atoms with Gasteiger partial charge in [0, 0.05) is 6.04 Å². The molecule has 2 rings (SSSR count). The van der Waals surface area contributed by atoms with E-state index in [1.165, 1.54) is 18.7 Å². The van der Waals surface area contributed by atoms with Crippen LogP contribution in [0, 0.1) is 5.82 Å². The predicted octanol–water partition coefficient (Wildman–Crippen LogP) is 2.54. The van der Waals surface area contributed by atoms with Gasteiger partial charge in [-0.15, -0.1) is 0 Å². The van der Waals surface area contributed by atoms with Gasteiger partial charge in [-0.2, -0.15) is 5.10 Å². The normalized spacial score (nSPS) is 12.2. The Balaban J connectivity index is 2.06. The Morgan fingerprint density at radius 2 is 2.20 bits per heavy atom. The second kappa shape index (κ2) is 6.19. The molecule has 2 aromatic rings. The van der Waals surface area contributed by atoms with Crippen molar-refractivity contribution in [2.45, 2.75) is 19.5 Å². The first kappa shape index (κ1) is 14.7. The van der Waals surface area contributed by atoms with E-state index in [4.69, 9.17) is 23.2 Å². The van der Waals surface area contributed by atoms with E-state index in [-0.39, 0.29) is 21.7 Å². The van der Waals surface area contributed by atoms with Crippen molar-refractivity contribution in [2.75, 3.05) is 0 Å². The number of carbonyl (C=O) groups is 1. The number of carbonyl (C=O) groups excluding carboxylic acids is 1. The Kier molecular flexibility index (Phi) is 4.57. The zero-order chi connectivity index (χ0) is 14.7. The maximum Gasteiger partial charge on any atom is 0.253 e. The van der Waals surface area contributed by atoms with Crippen molar-refractivity contribution in [3.63, 3.8) is 0 Å². The lowest BCUT2D eigenvalue weighted by atomic mass is 10.2. The van der Waals surface area contributed by atoms with E-state index in [0.717, 1.165) is 6.07 Å². The highest BCUT2D eigenvalue weighted by molar-refractivity contribution is 6.36. The summed E-state index contributed by atoms with van der Waals surface area (Å²) >= 11 is 11.5. The van der Waals surface area contributed by atoms with Crippen LogP contribution in [-0.4, -0.2) is 26.7 Å². The monoisotopic (exact) mass is 316 g/mol. The maximum atomic E-state index is 13.4. The van der Waals surface area contributed by atoms with Gasteiger partial charge in [0.25, 0.3) is 5.91 Å². The summed E-state index contributed by atoms with van der Waals surface area (Å²) < 4.78 is 14.9. The SMILES string of the molecule is CC(Cn1cncn1)NC(=O)c1cc(F)c(Cl)cc1Cl. The van der Waals surface area contributed by atoms with Gasteiger partial charge in [-0.3, -0.25) is 9.48 Å². The molecule has 5 nitrogen and oxygen atoms in total. The molecular formula is C12H11Cl2FN4O. The van der Waals surface area contributed by atoms with Gasteiger partial charge in [-0.1, -0.05) is 23.2 Å². The van der Waals surface area contributed by atoms with Crippen LogP contribution in [0.3, 0.4) is 0 Å². The molecule has 1 aromatic carbocycles. The molecule has 20 heavy (non-hydrogen) atoms. The molecule has 1 unspecified atom stereocenters. The third-order valence-corrected chi connectivity index (χ3v) is 3.16. The fourth-order valence-electron chi connectivity index (χ4n) is 1.65. The quantitative estimate of drug-likeness (QED) is 0.882. The third kappa shape index (κ3) is 3.46. The Hall–Kier alpha value is -1.66. The molecule has 8 heteroatoms. The van der Waals surface area contributed by atoms with Crippen LogP contribution >= 0.6 is 23.2 Å². The van der Waals surface area contributed by atoms with Crippen LogP contribution in [-0.2, 0) is 6.54 Å². The van der Waals surface area contributed by atoms with Gasteiger partial charge < -0.3 is 5.32 Å². The van der Waals surface area contributed by atoms with E-state index in [1.807, 2.05) is 0 Å². The van der Waals surface area contributed by atoms with Crippen molar-refractivity contribution in [1.82, 2.24) is 20.1 Å². The zero-order valence-electron chi connectivity index (χ0n) is 10.5. The molecule has 0 spiro atoms. The van der Waals surface area contributed by atoms with E-state index in [9.17, 15) is 9.18 Å². The van der Waals surface area contributed by atoms with Crippen molar-refractivity contribution in [2.24, 2.45) is 0 Å². The lowest BCUT2D eigenvalue weighted by Gasteiger charge is -2.14.